The number of hydrogen-bond acceptors (Lipinski definition) is 4. The van der Waals surface area contributed by atoms with Crippen molar-refractivity contribution in [2.24, 2.45) is 0 Å². The molecule has 158 valence electrons. The van der Waals surface area contributed by atoms with Crippen molar-refractivity contribution in [2.75, 3.05) is 28.4 Å². The minimum atomic E-state index is -2.32. The summed E-state index contributed by atoms with van der Waals surface area (Å²) in [6.45, 7) is 0. The number of rotatable bonds is 6. The largest absolute Gasteiger partial charge is 1.00 e. The van der Waals surface area contributed by atoms with Gasteiger partial charge in [0.1, 0.15) is 0 Å². The van der Waals surface area contributed by atoms with Crippen LogP contribution in [0.2, 0.25) is 0 Å². The van der Waals surface area contributed by atoms with Gasteiger partial charge in [-0.15, -0.1) is 0 Å². The van der Waals surface area contributed by atoms with E-state index < -0.39 is 21.3 Å². The standard InChI is InChI=1S/2C11H11O2.CH2.2ClH.Zr/c2*1-12-10-6-7-11(13-2)9-5-3-4-8(9)10;;;;/h2*3-7H,1-2H3;1H2;2*1H;/q;;;;;+2/p-2. The Morgan fingerprint density at radius 2 is 0.967 bits per heavy atom. The van der Waals surface area contributed by atoms with Gasteiger partial charge in [-0.05, 0) is 0 Å². The normalized spacial score (nSPS) is 17.0. The van der Waals surface area contributed by atoms with Gasteiger partial charge in [0.2, 0.25) is 0 Å². The van der Waals surface area contributed by atoms with Crippen LogP contribution in [0.25, 0.3) is 12.2 Å². The Kier molecular flexibility index (Phi) is 8.38. The molecule has 4 rings (SSSR count). The van der Waals surface area contributed by atoms with E-state index in [1.165, 1.54) is 11.1 Å². The van der Waals surface area contributed by atoms with Crippen molar-refractivity contribution in [2.45, 2.75) is 7.25 Å². The van der Waals surface area contributed by atoms with Gasteiger partial charge in [-0.25, -0.2) is 0 Å². The smallest absolute Gasteiger partial charge is 1.00 e. The number of hydrogen-bond donors (Lipinski definition) is 0. The molecule has 0 radical (unpaired) electrons. The predicted octanol–water partition coefficient (Wildman–Crippen LogP) is -1.38. The average molecular weight is 527 g/mol. The van der Waals surface area contributed by atoms with Gasteiger partial charge in [0.25, 0.3) is 0 Å². The molecule has 2 atom stereocenters. The van der Waals surface area contributed by atoms with Crippen LogP contribution in [0.1, 0.15) is 29.5 Å². The summed E-state index contributed by atoms with van der Waals surface area (Å²) in [6.07, 6.45) is 8.90. The van der Waals surface area contributed by atoms with E-state index in [2.05, 4.69) is 24.3 Å². The molecular formula is C23H24Cl2O4Zr. The van der Waals surface area contributed by atoms with Gasteiger partial charge in [-0.2, -0.15) is 0 Å². The minimum absolute atomic E-state index is 0. The van der Waals surface area contributed by atoms with E-state index in [0.717, 1.165) is 34.1 Å². The van der Waals surface area contributed by atoms with E-state index in [1.54, 1.807) is 28.4 Å². The first-order valence-electron chi connectivity index (χ1n) is 9.19. The second-order valence-electron chi connectivity index (χ2n) is 6.84. The molecule has 0 bridgehead atoms. The molecule has 0 heterocycles. The fourth-order valence-electron chi connectivity index (χ4n) is 4.28. The van der Waals surface area contributed by atoms with Crippen LogP contribution in [-0.4, -0.2) is 32.7 Å². The fourth-order valence-corrected chi connectivity index (χ4v) is 10.2. The van der Waals surface area contributed by atoms with Crippen molar-refractivity contribution >= 4 is 16.4 Å². The van der Waals surface area contributed by atoms with Crippen molar-refractivity contribution in [1.82, 2.24) is 0 Å². The molecule has 2 aromatic rings. The maximum Gasteiger partial charge on any atom is -1.00 e. The van der Waals surface area contributed by atoms with Crippen LogP contribution in [0, 0.1) is 0 Å². The molecule has 0 spiro atoms. The van der Waals surface area contributed by atoms with Gasteiger partial charge >= 0.3 is 174 Å². The molecule has 0 N–H and O–H groups in total. The first kappa shape index (κ1) is 24.7. The van der Waals surface area contributed by atoms with Crippen molar-refractivity contribution in [3.63, 3.8) is 0 Å². The van der Waals surface area contributed by atoms with Gasteiger partial charge in [-0.3, -0.25) is 0 Å². The van der Waals surface area contributed by atoms with Crippen LogP contribution >= 0.6 is 0 Å². The van der Waals surface area contributed by atoms with Crippen LogP contribution in [0.3, 0.4) is 0 Å². The average Bonchev–Trinajstić information content (AvgIpc) is 3.37. The quantitative estimate of drug-likeness (QED) is 0.465. The maximum absolute atomic E-state index is 5.70. The molecule has 0 saturated carbocycles. The molecule has 0 aromatic heterocycles. The van der Waals surface area contributed by atoms with E-state index in [9.17, 15) is 0 Å². The molecule has 0 saturated heterocycles. The van der Waals surface area contributed by atoms with E-state index >= 15 is 0 Å². The summed E-state index contributed by atoms with van der Waals surface area (Å²) in [5.74, 6) is 3.58. The van der Waals surface area contributed by atoms with Crippen molar-refractivity contribution in [1.29, 1.82) is 0 Å². The van der Waals surface area contributed by atoms with E-state index in [4.69, 9.17) is 23.2 Å². The van der Waals surface area contributed by atoms with Crippen LogP contribution in [-0.2, 0) is 21.3 Å². The Balaban J connectivity index is 0.00000160. The summed E-state index contributed by atoms with van der Waals surface area (Å²) in [4.78, 5) is 0. The summed E-state index contributed by atoms with van der Waals surface area (Å²) < 4.78 is 27.9. The van der Waals surface area contributed by atoms with Gasteiger partial charge in [-0.1, -0.05) is 0 Å². The summed E-state index contributed by atoms with van der Waals surface area (Å²) >= 11 is -2.32. The summed E-state index contributed by atoms with van der Waals surface area (Å²) in [5.41, 5.74) is 4.67. The van der Waals surface area contributed by atoms with Crippen LogP contribution in [0.15, 0.2) is 36.4 Å². The van der Waals surface area contributed by atoms with Gasteiger partial charge in [0, 0.05) is 0 Å². The fraction of sp³-hybridized carbons (Fsp3) is 0.261. The zero-order chi connectivity index (χ0) is 19.8. The Labute approximate surface area is 197 Å². The monoisotopic (exact) mass is 524 g/mol. The molecule has 2 aliphatic rings. The number of fused-ring (bicyclic) bond motifs is 2. The zero-order valence-electron chi connectivity index (χ0n) is 17.4. The second kappa shape index (κ2) is 10.2. The third kappa shape index (κ3) is 3.88. The molecule has 2 aromatic carbocycles. The number of ether oxygens (including phenoxy) is 4. The molecule has 7 heteroatoms. The molecule has 2 unspecified atom stereocenters. The first-order chi connectivity index (χ1) is 13.6. The van der Waals surface area contributed by atoms with E-state index in [1.807, 2.05) is 24.3 Å². The maximum atomic E-state index is 5.70. The molecule has 0 amide bonds. The minimum Gasteiger partial charge on any atom is -1.00 e. The summed E-state index contributed by atoms with van der Waals surface area (Å²) in [5, 5.41) is 0. The van der Waals surface area contributed by atoms with E-state index in [0.29, 0.717) is 7.25 Å². The summed E-state index contributed by atoms with van der Waals surface area (Å²) in [7, 11) is 6.87. The Morgan fingerprint density at radius 1 is 0.633 bits per heavy atom. The topological polar surface area (TPSA) is 36.9 Å². The van der Waals surface area contributed by atoms with Crippen molar-refractivity contribution < 1.29 is 65.0 Å². The molecule has 30 heavy (non-hydrogen) atoms. The van der Waals surface area contributed by atoms with Gasteiger partial charge in [0.15, 0.2) is 0 Å². The third-order valence-electron chi connectivity index (χ3n) is 5.63. The zero-order valence-corrected chi connectivity index (χ0v) is 21.3. The molecule has 0 fully saturated rings. The number of methoxy groups -OCH3 is 4. The number of allylic oxidation sites excluding steroid dienone is 2. The SMILES string of the molecule is [CH2]=[Zr+2]([CH]1C=Cc2c(OC)ccc(OC)c21)[CH]1C=Cc2c(OC)ccc(OC)c21.[Cl-].[Cl-]. The Morgan fingerprint density at radius 3 is 1.30 bits per heavy atom. The third-order valence-corrected chi connectivity index (χ3v) is 11.9. The van der Waals surface area contributed by atoms with Gasteiger partial charge in [0.05, 0.1) is 0 Å². The number of benzene rings is 2. The molecular weight excluding hydrogens is 502 g/mol. The van der Waals surface area contributed by atoms with Crippen molar-refractivity contribution in [3.8, 4) is 23.0 Å². The molecule has 4 nitrogen and oxygen atoms in total. The molecule has 0 aliphatic heterocycles. The Hall–Kier alpha value is -1.55. The second-order valence-corrected chi connectivity index (χ2v) is 12.7. The number of halogens is 2. The van der Waals surface area contributed by atoms with E-state index in [-0.39, 0.29) is 24.8 Å². The predicted molar refractivity (Wildman–Crippen MR) is 110 cm³/mol. The van der Waals surface area contributed by atoms with Crippen LogP contribution < -0.4 is 43.8 Å². The summed E-state index contributed by atoms with van der Waals surface area (Å²) in [6, 6.07) is 7.93. The van der Waals surface area contributed by atoms with Gasteiger partial charge < -0.3 is 24.8 Å². The van der Waals surface area contributed by atoms with Crippen molar-refractivity contribution in [3.05, 3.63) is 58.7 Å². The van der Waals surface area contributed by atoms with Crippen LogP contribution in [0.4, 0.5) is 0 Å². The first-order valence-corrected chi connectivity index (χ1v) is 13.8. The Bertz CT molecular complexity index is 937. The van der Waals surface area contributed by atoms with Crippen LogP contribution in [0.5, 0.6) is 23.0 Å². The molecule has 2 aliphatic carbocycles.